The molecular weight excluding hydrogens is 364 g/mol. The molecule has 2 aliphatic rings. The lowest BCUT2D eigenvalue weighted by atomic mass is 10.0. The molecule has 0 spiro atoms. The number of aryl methyl sites for hydroxylation is 1. The minimum Gasteiger partial charge on any atom is -0.494 e. The summed E-state index contributed by atoms with van der Waals surface area (Å²) in [6.07, 6.45) is 2.96. The summed E-state index contributed by atoms with van der Waals surface area (Å²) in [5.41, 5.74) is 3.48. The molecule has 5 heteroatoms. The van der Waals surface area contributed by atoms with Crippen LogP contribution in [0.3, 0.4) is 0 Å². The third kappa shape index (κ3) is 3.65. The Morgan fingerprint density at radius 2 is 1.69 bits per heavy atom. The van der Waals surface area contributed by atoms with Crippen LogP contribution in [0, 0.1) is 6.92 Å². The molecule has 2 aromatic carbocycles. The van der Waals surface area contributed by atoms with E-state index in [9.17, 15) is 9.59 Å². The normalized spacial score (nSPS) is 16.9. The molecule has 2 aromatic rings. The average Bonchev–Trinajstić information content (AvgIpc) is 3.33. The second-order valence-electron chi connectivity index (χ2n) is 7.58. The van der Waals surface area contributed by atoms with Gasteiger partial charge in [-0.15, -0.1) is 0 Å². The zero-order chi connectivity index (χ0) is 20.4. The van der Waals surface area contributed by atoms with Crippen LogP contribution in [0.4, 0.5) is 5.69 Å². The number of benzene rings is 2. The van der Waals surface area contributed by atoms with Crippen LogP contribution in [0.1, 0.15) is 37.3 Å². The predicted octanol–water partition coefficient (Wildman–Crippen LogP) is 4.16. The first-order valence-corrected chi connectivity index (χ1v) is 10.3. The van der Waals surface area contributed by atoms with Gasteiger partial charge < -0.3 is 9.64 Å². The molecule has 2 amide bonds. The Hall–Kier alpha value is -3.08. The molecule has 150 valence electrons. The van der Waals surface area contributed by atoms with E-state index in [1.807, 2.05) is 50.2 Å². The molecule has 0 unspecified atom stereocenters. The molecule has 0 saturated carbocycles. The molecule has 0 aliphatic carbocycles. The molecule has 1 saturated heterocycles. The maximum atomic E-state index is 13.5. The van der Waals surface area contributed by atoms with Crippen molar-refractivity contribution in [3.05, 3.63) is 65.4 Å². The number of hydrogen-bond acceptors (Lipinski definition) is 4. The van der Waals surface area contributed by atoms with Crippen LogP contribution < -0.4 is 9.64 Å². The van der Waals surface area contributed by atoms with E-state index < -0.39 is 0 Å². The van der Waals surface area contributed by atoms with Crippen molar-refractivity contribution in [2.45, 2.75) is 33.1 Å². The van der Waals surface area contributed by atoms with Crippen molar-refractivity contribution < 1.29 is 14.3 Å². The van der Waals surface area contributed by atoms with E-state index in [1.54, 1.807) is 12.1 Å². The summed E-state index contributed by atoms with van der Waals surface area (Å²) >= 11 is 0. The second-order valence-corrected chi connectivity index (χ2v) is 7.58. The number of anilines is 1. The first-order chi connectivity index (χ1) is 14.1. The average molecular weight is 390 g/mol. The largest absolute Gasteiger partial charge is 0.494 e. The Morgan fingerprint density at radius 3 is 2.38 bits per heavy atom. The number of carbonyl (C=O) groups excluding carboxylic acids is 2. The van der Waals surface area contributed by atoms with Crippen molar-refractivity contribution in [1.82, 2.24) is 4.90 Å². The van der Waals surface area contributed by atoms with Gasteiger partial charge in [0.05, 0.1) is 17.9 Å². The number of hydrogen-bond donors (Lipinski definition) is 0. The molecule has 29 heavy (non-hydrogen) atoms. The van der Waals surface area contributed by atoms with Crippen molar-refractivity contribution >= 4 is 23.1 Å². The maximum absolute atomic E-state index is 13.5. The first kappa shape index (κ1) is 19.2. The van der Waals surface area contributed by atoms with Crippen molar-refractivity contribution in [1.29, 1.82) is 0 Å². The number of rotatable bonds is 6. The topological polar surface area (TPSA) is 49.9 Å². The second kappa shape index (κ2) is 8.11. The fourth-order valence-corrected chi connectivity index (χ4v) is 3.90. The van der Waals surface area contributed by atoms with Gasteiger partial charge in [0.1, 0.15) is 11.4 Å². The quantitative estimate of drug-likeness (QED) is 0.695. The van der Waals surface area contributed by atoms with Gasteiger partial charge in [-0.1, -0.05) is 42.8 Å². The molecule has 0 aromatic heterocycles. The van der Waals surface area contributed by atoms with Crippen LogP contribution in [0.25, 0.3) is 5.57 Å². The van der Waals surface area contributed by atoms with Gasteiger partial charge in [-0.05, 0) is 43.9 Å². The van der Waals surface area contributed by atoms with E-state index in [0.29, 0.717) is 29.3 Å². The van der Waals surface area contributed by atoms with Gasteiger partial charge >= 0.3 is 0 Å². The molecule has 1 fully saturated rings. The summed E-state index contributed by atoms with van der Waals surface area (Å²) in [5, 5.41) is 0. The van der Waals surface area contributed by atoms with Crippen LogP contribution in [-0.2, 0) is 9.59 Å². The highest BCUT2D eigenvalue weighted by Crippen LogP contribution is 2.37. The van der Waals surface area contributed by atoms with Crippen LogP contribution in [0.15, 0.2) is 54.2 Å². The summed E-state index contributed by atoms with van der Waals surface area (Å²) in [4.78, 5) is 30.3. The number of likely N-dealkylation sites (tertiary alicyclic amines) is 1. The molecule has 2 aliphatic heterocycles. The van der Waals surface area contributed by atoms with E-state index in [-0.39, 0.29) is 11.8 Å². The Morgan fingerprint density at radius 1 is 0.966 bits per heavy atom. The van der Waals surface area contributed by atoms with Gasteiger partial charge in [-0.2, -0.15) is 0 Å². The first-order valence-electron chi connectivity index (χ1n) is 10.3. The van der Waals surface area contributed by atoms with E-state index in [0.717, 1.165) is 43.5 Å². The standard InChI is InChI=1S/C24H26N2O3/c1-3-15-29-20-8-6-7-19(16-20)26-23(27)21(18-11-9-17(2)10-12-18)22(24(26)28)25-13-4-5-14-25/h6-12,16H,3-5,13-15H2,1-2H3. The molecule has 0 bridgehead atoms. The van der Waals surface area contributed by atoms with Crippen molar-refractivity contribution in [3.63, 3.8) is 0 Å². The maximum Gasteiger partial charge on any atom is 0.282 e. The lowest BCUT2D eigenvalue weighted by Crippen LogP contribution is -2.34. The number of carbonyl (C=O) groups is 2. The van der Waals surface area contributed by atoms with Crippen LogP contribution in [0.2, 0.25) is 0 Å². The van der Waals surface area contributed by atoms with Crippen molar-refractivity contribution in [3.8, 4) is 5.75 Å². The van der Waals surface area contributed by atoms with Crippen molar-refractivity contribution in [2.75, 3.05) is 24.6 Å². The molecule has 5 nitrogen and oxygen atoms in total. The minimum atomic E-state index is -0.270. The minimum absolute atomic E-state index is 0.250. The van der Waals surface area contributed by atoms with Crippen LogP contribution >= 0.6 is 0 Å². The summed E-state index contributed by atoms with van der Waals surface area (Å²) in [6, 6.07) is 15.0. The number of amides is 2. The third-order valence-corrected chi connectivity index (χ3v) is 5.37. The van der Waals surface area contributed by atoms with E-state index in [4.69, 9.17) is 4.74 Å². The summed E-state index contributed by atoms with van der Waals surface area (Å²) in [5.74, 6) is 0.143. The number of nitrogens with zero attached hydrogens (tertiary/aromatic N) is 2. The SMILES string of the molecule is CCCOc1cccc(N2C(=O)C(c3ccc(C)cc3)=C(N3CCCC3)C2=O)c1. The zero-order valence-corrected chi connectivity index (χ0v) is 17.0. The van der Waals surface area contributed by atoms with Gasteiger partial charge in [0, 0.05) is 19.2 Å². The highest BCUT2D eigenvalue weighted by Gasteiger charge is 2.43. The predicted molar refractivity (Wildman–Crippen MR) is 114 cm³/mol. The Kier molecular flexibility index (Phi) is 5.38. The summed E-state index contributed by atoms with van der Waals surface area (Å²) < 4.78 is 5.70. The fraction of sp³-hybridized carbons (Fsp3) is 0.333. The number of ether oxygens (including phenoxy) is 1. The smallest absolute Gasteiger partial charge is 0.282 e. The van der Waals surface area contributed by atoms with E-state index >= 15 is 0 Å². The Labute approximate surface area is 171 Å². The van der Waals surface area contributed by atoms with Gasteiger partial charge in [-0.3, -0.25) is 9.59 Å². The fourth-order valence-electron chi connectivity index (χ4n) is 3.90. The van der Waals surface area contributed by atoms with E-state index in [2.05, 4.69) is 4.90 Å². The van der Waals surface area contributed by atoms with Crippen LogP contribution in [0.5, 0.6) is 5.75 Å². The summed E-state index contributed by atoms with van der Waals surface area (Å²) in [7, 11) is 0. The highest BCUT2D eigenvalue weighted by molar-refractivity contribution is 6.45. The Balaban J connectivity index is 1.75. The van der Waals surface area contributed by atoms with Crippen LogP contribution in [-0.4, -0.2) is 36.4 Å². The lowest BCUT2D eigenvalue weighted by molar-refractivity contribution is -0.120. The van der Waals surface area contributed by atoms with Gasteiger partial charge in [0.25, 0.3) is 11.8 Å². The lowest BCUT2D eigenvalue weighted by Gasteiger charge is -2.20. The third-order valence-electron chi connectivity index (χ3n) is 5.37. The highest BCUT2D eigenvalue weighted by atomic mass is 16.5. The van der Waals surface area contributed by atoms with Gasteiger partial charge in [0.2, 0.25) is 0 Å². The zero-order valence-electron chi connectivity index (χ0n) is 17.0. The van der Waals surface area contributed by atoms with Gasteiger partial charge in [-0.25, -0.2) is 4.90 Å². The summed E-state index contributed by atoms with van der Waals surface area (Å²) in [6.45, 7) is 6.25. The molecule has 0 N–H and O–H groups in total. The monoisotopic (exact) mass is 390 g/mol. The molecular formula is C24H26N2O3. The molecule has 0 atom stereocenters. The molecule has 0 radical (unpaired) electrons. The number of imide groups is 1. The molecule has 2 heterocycles. The van der Waals surface area contributed by atoms with Gasteiger partial charge in [0.15, 0.2) is 0 Å². The Bertz CT molecular complexity index is 956. The van der Waals surface area contributed by atoms with E-state index in [1.165, 1.54) is 4.90 Å². The molecule has 4 rings (SSSR count). The van der Waals surface area contributed by atoms with Crippen molar-refractivity contribution in [2.24, 2.45) is 0 Å².